The second kappa shape index (κ2) is 5.30. The van der Waals surface area contributed by atoms with E-state index >= 15 is 0 Å². The van der Waals surface area contributed by atoms with E-state index in [2.05, 4.69) is 15.9 Å². The van der Waals surface area contributed by atoms with Crippen LogP contribution in [0.25, 0.3) is 0 Å². The molecule has 112 valence electrons. The summed E-state index contributed by atoms with van der Waals surface area (Å²) in [6.07, 6.45) is 0.548. The molecule has 1 aromatic heterocycles. The van der Waals surface area contributed by atoms with Gasteiger partial charge in [-0.3, -0.25) is 4.31 Å². The Kier molecular flexibility index (Phi) is 3.75. The van der Waals surface area contributed by atoms with E-state index in [-0.39, 0.29) is 22.0 Å². The maximum atomic E-state index is 13.4. The highest BCUT2D eigenvalue weighted by Crippen LogP contribution is 2.36. The van der Waals surface area contributed by atoms with Crippen molar-refractivity contribution in [2.24, 2.45) is 0 Å². The maximum absolute atomic E-state index is 13.4. The van der Waals surface area contributed by atoms with Crippen molar-refractivity contribution in [3.8, 4) is 0 Å². The SMILES string of the molecule is O=S(=O)(c1cc(CCl)oc1Br)N1CCc2ccc(F)cc21. The number of hydrogen-bond acceptors (Lipinski definition) is 3. The molecule has 4 nitrogen and oxygen atoms in total. The van der Waals surface area contributed by atoms with Gasteiger partial charge in [0.15, 0.2) is 4.67 Å². The van der Waals surface area contributed by atoms with Gasteiger partial charge in [0.25, 0.3) is 10.0 Å². The van der Waals surface area contributed by atoms with E-state index in [9.17, 15) is 12.8 Å². The maximum Gasteiger partial charge on any atom is 0.268 e. The van der Waals surface area contributed by atoms with E-state index in [1.165, 1.54) is 22.5 Å². The highest BCUT2D eigenvalue weighted by Gasteiger charge is 2.34. The van der Waals surface area contributed by atoms with Crippen molar-refractivity contribution < 1.29 is 17.2 Å². The molecule has 0 radical (unpaired) electrons. The third kappa shape index (κ3) is 2.47. The van der Waals surface area contributed by atoms with Crippen molar-refractivity contribution in [1.29, 1.82) is 0 Å². The molecule has 0 fully saturated rings. The van der Waals surface area contributed by atoms with Gasteiger partial charge in [-0.1, -0.05) is 6.07 Å². The van der Waals surface area contributed by atoms with Gasteiger partial charge in [0.05, 0.1) is 11.6 Å². The Bertz CT molecular complexity index is 806. The lowest BCUT2D eigenvalue weighted by Crippen LogP contribution is -2.29. The van der Waals surface area contributed by atoms with Crippen molar-refractivity contribution in [3.63, 3.8) is 0 Å². The number of halogens is 3. The van der Waals surface area contributed by atoms with Crippen molar-refractivity contribution in [1.82, 2.24) is 0 Å². The Hall–Kier alpha value is -1.05. The summed E-state index contributed by atoms with van der Waals surface area (Å²) in [5.41, 5.74) is 1.17. The molecule has 1 aliphatic heterocycles. The van der Waals surface area contributed by atoms with Crippen LogP contribution in [0.4, 0.5) is 10.1 Å². The van der Waals surface area contributed by atoms with Gasteiger partial charge in [0.2, 0.25) is 0 Å². The number of alkyl halides is 1. The summed E-state index contributed by atoms with van der Waals surface area (Å²) in [6.45, 7) is 0.273. The zero-order valence-corrected chi connectivity index (χ0v) is 13.8. The van der Waals surface area contributed by atoms with E-state index in [4.69, 9.17) is 16.0 Å². The fraction of sp³-hybridized carbons (Fsp3) is 0.231. The molecule has 0 unspecified atom stereocenters. The van der Waals surface area contributed by atoms with E-state index in [0.717, 1.165) is 5.56 Å². The quantitative estimate of drug-likeness (QED) is 0.746. The first-order chi connectivity index (χ1) is 9.93. The normalized spacial score (nSPS) is 14.5. The van der Waals surface area contributed by atoms with Crippen molar-refractivity contribution >= 4 is 43.2 Å². The third-order valence-corrected chi connectivity index (χ3v) is 6.24. The monoisotopic (exact) mass is 393 g/mol. The topological polar surface area (TPSA) is 50.5 Å². The molecule has 0 saturated heterocycles. The Morgan fingerprint density at radius 3 is 2.81 bits per heavy atom. The van der Waals surface area contributed by atoms with Crippen LogP contribution in [-0.2, 0) is 22.3 Å². The van der Waals surface area contributed by atoms with Crippen LogP contribution in [0.5, 0.6) is 0 Å². The first-order valence-corrected chi connectivity index (χ1v) is 8.85. The van der Waals surface area contributed by atoms with Crippen molar-refractivity contribution in [2.75, 3.05) is 10.8 Å². The van der Waals surface area contributed by atoms with Gasteiger partial charge in [-0.25, -0.2) is 12.8 Å². The minimum Gasteiger partial charge on any atom is -0.452 e. The number of rotatable bonds is 3. The second-order valence-electron chi connectivity index (χ2n) is 4.58. The molecule has 0 spiro atoms. The smallest absolute Gasteiger partial charge is 0.268 e. The Labute approximate surface area is 134 Å². The lowest BCUT2D eigenvalue weighted by Gasteiger charge is -2.18. The molecular formula is C13H10BrClFNO3S. The highest BCUT2D eigenvalue weighted by atomic mass is 79.9. The second-order valence-corrected chi connectivity index (χ2v) is 7.40. The van der Waals surface area contributed by atoms with Crippen LogP contribution in [0.2, 0.25) is 0 Å². The number of sulfonamides is 1. The number of benzene rings is 1. The lowest BCUT2D eigenvalue weighted by molar-refractivity contribution is 0.498. The number of anilines is 1. The minimum atomic E-state index is -3.82. The zero-order valence-electron chi connectivity index (χ0n) is 10.6. The zero-order chi connectivity index (χ0) is 15.2. The van der Waals surface area contributed by atoms with Gasteiger partial charge in [0.1, 0.15) is 16.5 Å². The van der Waals surface area contributed by atoms with E-state index in [0.29, 0.717) is 17.9 Å². The van der Waals surface area contributed by atoms with Crippen LogP contribution in [0.3, 0.4) is 0 Å². The van der Waals surface area contributed by atoms with Crippen LogP contribution < -0.4 is 4.31 Å². The van der Waals surface area contributed by atoms with Gasteiger partial charge in [-0.2, -0.15) is 0 Å². The molecular weight excluding hydrogens is 385 g/mol. The van der Waals surface area contributed by atoms with Crippen LogP contribution in [0, 0.1) is 5.82 Å². The van der Waals surface area contributed by atoms with Gasteiger partial charge in [0, 0.05) is 12.6 Å². The first-order valence-electron chi connectivity index (χ1n) is 6.09. The summed E-state index contributed by atoms with van der Waals surface area (Å²) >= 11 is 8.74. The average molecular weight is 395 g/mol. The average Bonchev–Trinajstić information content (AvgIpc) is 3.02. The van der Waals surface area contributed by atoms with Gasteiger partial charge in [-0.05, 0) is 40.0 Å². The Morgan fingerprint density at radius 1 is 1.38 bits per heavy atom. The number of nitrogens with zero attached hydrogens (tertiary/aromatic N) is 1. The van der Waals surface area contributed by atoms with E-state index in [1.54, 1.807) is 6.07 Å². The van der Waals surface area contributed by atoms with Crippen LogP contribution in [-0.4, -0.2) is 15.0 Å². The Balaban J connectivity index is 2.09. The van der Waals surface area contributed by atoms with Crippen LogP contribution in [0.15, 0.2) is 38.2 Å². The summed E-state index contributed by atoms with van der Waals surface area (Å²) in [5, 5.41) is 0. The van der Waals surface area contributed by atoms with Crippen LogP contribution >= 0.6 is 27.5 Å². The molecule has 0 aliphatic carbocycles. The molecule has 8 heteroatoms. The summed E-state index contributed by atoms with van der Waals surface area (Å²) in [7, 11) is -3.82. The van der Waals surface area contributed by atoms with E-state index in [1.807, 2.05) is 0 Å². The molecule has 2 aromatic rings. The third-order valence-electron chi connectivity index (χ3n) is 3.31. The molecule has 0 atom stereocenters. The molecule has 0 N–H and O–H groups in total. The lowest BCUT2D eigenvalue weighted by atomic mass is 10.2. The molecule has 0 amide bonds. The number of hydrogen-bond donors (Lipinski definition) is 0. The summed E-state index contributed by atoms with van der Waals surface area (Å²) in [4.78, 5) is -0.00439. The fourth-order valence-electron chi connectivity index (χ4n) is 2.33. The summed E-state index contributed by atoms with van der Waals surface area (Å²) in [5.74, 6) is -0.0522. The van der Waals surface area contributed by atoms with E-state index < -0.39 is 15.8 Å². The molecule has 0 saturated carbocycles. The largest absolute Gasteiger partial charge is 0.452 e. The fourth-order valence-corrected chi connectivity index (χ4v) is 4.92. The first kappa shape index (κ1) is 14.9. The highest BCUT2D eigenvalue weighted by molar-refractivity contribution is 9.10. The van der Waals surface area contributed by atoms with Gasteiger partial charge >= 0.3 is 0 Å². The van der Waals surface area contributed by atoms with Gasteiger partial charge < -0.3 is 4.42 Å². The number of fused-ring (bicyclic) bond motifs is 1. The van der Waals surface area contributed by atoms with Gasteiger partial charge in [-0.15, -0.1) is 11.6 Å². The molecule has 2 heterocycles. The predicted octanol–water partition coefficient (Wildman–Crippen LogP) is 3.67. The van der Waals surface area contributed by atoms with Crippen molar-refractivity contribution in [3.05, 3.63) is 46.1 Å². The van der Waals surface area contributed by atoms with Crippen molar-refractivity contribution in [2.45, 2.75) is 17.2 Å². The molecule has 1 aromatic carbocycles. The minimum absolute atomic E-state index is 0.00439. The number of furan rings is 1. The van der Waals surface area contributed by atoms with Crippen LogP contribution in [0.1, 0.15) is 11.3 Å². The summed E-state index contributed by atoms with van der Waals surface area (Å²) < 4.78 is 45.4. The Morgan fingerprint density at radius 2 is 2.14 bits per heavy atom. The molecule has 1 aliphatic rings. The predicted molar refractivity (Wildman–Crippen MR) is 80.6 cm³/mol. The molecule has 3 rings (SSSR count). The standard InChI is InChI=1S/C13H10BrClFNO3S/c14-13-12(6-10(7-15)20-13)21(18,19)17-4-3-8-1-2-9(16)5-11(8)17/h1-2,5-6H,3-4,7H2. The summed E-state index contributed by atoms with van der Waals surface area (Å²) in [6, 6.07) is 5.54. The molecule has 21 heavy (non-hydrogen) atoms. The molecule has 0 bridgehead atoms.